The second-order valence-corrected chi connectivity index (χ2v) is 12.7. The molecule has 7 atom stereocenters. The lowest BCUT2D eigenvalue weighted by atomic mass is 9.66. The highest BCUT2D eigenvalue weighted by Gasteiger charge is 2.77. The summed E-state index contributed by atoms with van der Waals surface area (Å²) in [6.45, 7) is 7.77. The number of para-hydroxylation sites is 1. The van der Waals surface area contributed by atoms with Crippen LogP contribution in [0.4, 0.5) is 5.69 Å². The molecule has 2 aromatic rings. The summed E-state index contributed by atoms with van der Waals surface area (Å²) in [5.41, 5.74) is 1.47. The first-order valence-corrected chi connectivity index (χ1v) is 15.0. The number of fused-ring (bicyclic) bond motifs is 1. The number of thioether (sulfide) groups is 1. The summed E-state index contributed by atoms with van der Waals surface area (Å²) >= 11 is 8.15. The van der Waals surface area contributed by atoms with Crippen molar-refractivity contribution in [2.45, 2.75) is 48.8 Å². The standard InChI is InChI=1S/C31H35ClN2O5S/c1-4-15-33(23-14-10-9-13-22(23)32)29(37)27-31-19(3)16-24(40-31)25(30(38)39-5-2)26(31)28(36)34(27)21(18-35)17-20-11-7-6-8-12-20/h4,6-14,19,21,24-27,35H,1,5,15-18H2,2-3H3/t19?,21-,24+,25-,26+,27?,31?/m1/s1. The SMILES string of the molecule is C=CCN(C(=O)C1N([C@@H](CO)Cc2ccccc2)C(=O)[C@@H]2[C@H](C(=O)OCC)[C@@H]3CC(C)C12S3)c1ccccc1Cl. The Labute approximate surface area is 244 Å². The first-order valence-electron chi connectivity index (χ1n) is 13.8. The van der Waals surface area contributed by atoms with Crippen LogP contribution in [-0.2, 0) is 25.5 Å². The van der Waals surface area contributed by atoms with E-state index in [-0.39, 0.29) is 42.7 Å². The molecule has 0 aromatic heterocycles. The molecule has 0 aliphatic carbocycles. The molecule has 2 aromatic carbocycles. The van der Waals surface area contributed by atoms with E-state index in [1.54, 1.807) is 52.8 Å². The largest absolute Gasteiger partial charge is 0.466 e. The normalized spacial score (nSPS) is 29.2. The van der Waals surface area contributed by atoms with E-state index in [1.807, 2.05) is 36.4 Å². The van der Waals surface area contributed by atoms with Gasteiger partial charge in [-0.3, -0.25) is 14.4 Å². The predicted octanol–water partition coefficient (Wildman–Crippen LogP) is 4.36. The van der Waals surface area contributed by atoms with Gasteiger partial charge in [0.15, 0.2) is 0 Å². The summed E-state index contributed by atoms with van der Waals surface area (Å²) in [6.07, 6.45) is 2.70. The van der Waals surface area contributed by atoms with Crippen LogP contribution in [0.25, 0.3) is 0 Å². The van der Waals surface area contributed by atoms with E-state index in [0.717, 1.165) is 5.56 Å². The van der Waals surface area contributed by atoms with Crippen molar-refractivity contribution >= 4 is 46.8 Å². The number of nitrogens with zero attached hydrogens (tertiary/aromatic N) is 2. The Morgan fingerprint density at radius 1 is 1.25 bits per heavy atom. The molecule has 3 fully saturated rings. The number of rotatable bonds is 10. The van der Waals surface area contributed by atoms with Gasteiger partial charge >= 0.3 is 5.97 Å². The summed E-state index contributed by atoms with van der Waals surface area (Å²) in [4.78, 5) is 45.7. The molecule has 0 saturated carbocycles. The summed E-state index contributed by atoms with van der Waals surface area (Å²) in [5.74, 6) is -2.34. The summed E-state index contributed by atoms with van der Waals surface area (Å²) in [5, 5.41) is 11.0. The van der Waals surface area contributed by atoms with Crippen molar-refractivity contribution < 1.29 is 24.2 Å². The Kier molecular flexibility index (Phi) is 8.32. The highest BCUT2D eigenvalue weighted by atomic mass is 35.5. The van der Waals surface area contributed by atoms with Crippen molar-refractivity contribution in [3.8, 4) is 0 Å². The maximum Gasteiger partial charge on any atom is 0.310 e. The van der Waals surface area contributed by atoms with Gasteiger partial charge in [0.2, 0.25) is 5.91 Å². The zero-order valence-electron chi connectivity index (χ0n) is 22.7. The second-order valence-electron chi connectivity index (χ2n) is 10.8. The van der Waals surface area contributed by atoms with Gasteiger partial charge in [0.25, 0.3) is 5.91 Å². The molecule has 0 radical (unpaired) electrons. The van der Waals surface area contributed by atoms with Crippen LogP contribution in [-0.4, -0.2) is 69.6 Å². The molecule has 9 heteroatoms. The molecule has 212 valence electrons. The number of ether oxygens (including phenoxy) is 1. The molecule has 3 aliphatic rings. The van der Waals surface area contributed by atoms with Crippen LogP contribution >= 0.6 is 23.4 Å². The number of likely N-dealkylation sites (tertiary alicyclic amines) is 1. The van der Waals surface area contributed by atoms with Gasteiger partial charge in [0, 0.05) is 11.8 Å². The van der Waals surface area contributed by atoms with E-state index < -0.39 is 34.6 Å². The van der Waals surface area contributed by atoms with Crippen LogP contribution in [0.2, 0.25) is 5.02 Å². The number of anilines is 1. The highest BCUT2D eigenvalue weighted by Crippen LogP contribution is 2.69. The molecule has 2 amide bonds. The van der Waals surface area contributed by atoms with Crippen molar-refractivity contribution in [3.05, 3.63) is 77.8 Å². The fraction of sp³-hybridized carbons (Fsp3) is 0.452. The lowest BCUT2D eigenvalue weighted by Crippen LogP contribution is -2.59. The zero-order valence-corrected chi connectivity index (χ0v) is 24.3. The molecule has 3 saturated heterocycles. The third-order valence-electron chi connectivity index (χ3n) is 8.62. The average molecular weight is 583 g/mol. The third-order valence-corrected chi connectivity index (χ3v) is 11.0. The molecule has 7 nitrogen and oxygen atoms in total. The van der Waals surface area contributed by atoms with Gasteiger partial charge in [-0.15, -0.1) is 18.3 Å². The van der Waals surface area contributed by atoms with Gasteiger partial charge in [0.1, 0.15) is 6.04 Å². The number of aliphatic hydroxyl groups excluding tert-OH is 1. The smallest absolute Gasteiger partial charge is 0.310 e. The Bertz CT molecular complexity index is 1290. The van der Waals surface area contributed by atoms with E-state index in [0.29, 0.717) is 23.6 Å². The van der Waals surface area contributed by atoms with Crippen molar-refractivity contribution in [1.82, 2.24) is 4.90 Å². The van der Waals surface area contributed by atoms with Crippen LogP contribution in [0, 0.1) is 17.8 Å². The Morgan fingerprint density at radius 3 is 2.60 bits per heavy atom. The van der Waals surface area contributed by atoms with Gasteiger partial charge in [-0.05, 0) is 43.4 Å². The number of aliphatic hydroxyl groups is 1. The quantitative estimate of drug-likeness (QED) is 0.331. The van der Waals surface area contributed by atoms with Crippen molar-refractivity contribution in [2.75, 3.05) is 24.7 Å². The maximum atomic E-state index is 14.8. The summed E-state index contributed by atoms with van der Waals surface area (Å²) < 4.78 is 4.61. The number of carbonyl (C=O) groups excluding carboxylic acids is 3. The predicted molar refractivity (Wildman–Crippen MR) is 157 cm³/mol. The van der Waals surface area contributed by atoms with Crippen LogP contribution < -0.4 is 4.90 Å². The van der Waals surface area contributed by atoms with Gasteiger partial charge < -0.3 is 19.6 Å². The highest BCUT2D eigenvalue weighted by molar-refractivity contribution is 8.02. The van der Waals surface area contributed by atoms with Crippen molar-refractivity contribution in [1.29, 1.82) is 0 Å². The topological polar surface area (TPSA) is 87.2 Å². The Morgan fingerprint density at radius 2 is 1.95 bits per heavy atom. The van der Waals surface area contributed by atoms with Gasteiger partial charge in [-0.1, -0.05) is 67.1 Å². The minimum atomic E-state index is -0.911. The molecular weight excluding hydrogens is 548 g/mol. The number of hydrogen-bond acceptors (Lipinski definition) is 6. The zero-order chi connectivity index (χ0) is 28.6. The number of halogens is 1. The number of benzene rings is 2. The molecule has 3 unspecified atom stereocenters. The maximum absolute atomic E-state index is 14.8. The fourth-order valence-corrected chi connectivity index (χ4v) is 9.66. The van der Waals surface area contributed by atoms with Crippen LogP contribution in [0.3, 0.4) is 0 Å². The van der Waals surface area contributed by atoms with Crippen LogP contribution in [0.1, 0.15) is 25.8 Å². The average Bonchev–Trinajstić information content (AvgIpc) is 3.55. The summed E-state index contributed by atoms with van der Waals surface area (Å²) in [7, 11) is 0. The third kappa shape index (κ3) is 4.54. The van der Waals surface area contributed by atoms with Gasteiger partial charge in [-0.25, -0.2) is 0 Å². The first-order chi connectivity index (χ1) is 19.3. The number of amides is 2. The minimum Gasteiger partial charge on any atom is -0.466 e. The molecule has 40 heavy (non-hydrogen) atoms. The van der Waals surface area contributed by atoms with Crippen molar-refractivity contribution in [2.24, 2.45) is 17.8 Å². The van der Waals surface area contributed by atoms with E-state index >= 15 is 0 Å². The van der Waals surface area contributed by atoms with Crippen LogP contribution in [0.5, 0.6) is 0 Å². The Balaban J connectivity index is 1.65. The second kappa shape index (κ2) is 11.6. The van der Waals surface area contributed by atoms with E-state index in [9.17, 15) is 19.5 Å². The number of esters is 1. The molecule has 1 N–H and O–H groups in total. The lowest BCUT2D eigenvalue weighted by Gasteiger charge is -2.42. The first kappa shape index (κ1) is 28.7. The summed E-state index contributed by atoms with van der Waals surface area (Å²) in [6, 6.07) is 15.1. The van der Waals surface area contributed by atoms with E-state index in [4.69, 9.17) is 16.3 Å². The minimum absolute atomic E-state index is 0.0195. The fourth-order valence-electron chi connectivity index (χ4n) is 7.03. The van der Waals surface area contributed by atoms with Crippen molar-refractivity contribution in [3.63, 3.8) is 0 Å². The monoisotopic (exact) mass is 582 g/mol. The molecule has 3 aliphatic heterocycles. The van der Waals surface area contributed by atoms with Gasteiger partial charge in [-0.2, -0.15) is 0 Å². The molecule has 5 rings (SSSR count). The van der Waals surface area contributed by atoms with Crippen LogP contribution in [0.15, 0.2) is 67.3 Å². The Hall–Kier alpha value is -2.81. The number of carbonyl (C=O) groups is 3. The molecule has 1 spiro atoms. The van der Waals surface area contributed by atoms with Gasteiger partial charge in [0.05, 0.1) is 46.5 Å². The number of hydrogen-bond donors (Lipinski definition) is 1. The van der Waals surface area contributed by atoms with E-state index in [1.165, 1.54) is 0 Å². The molecule has 3 heterocycles. The van der Waals surface area contributed by atoms with E-state index in [2.05, 4.69) is 13.5 Å². The molecular formula is C31H35ClN2O5S. The molecule has 2 bridgehead atoms. The lowest BCUT2D eigenvalue weighted by molar-refractivity contribution is -0.154.